The molecular weight excluding hydrogens is 390 g/mol. The van der Waals surface area contributed by atoms with Crippen LogP contribution in [0.2, 0.25) is 0 Å². The zero-order chi connectivity index (χ0) is 21.0. The first-order valence-corrected chi connectivity index (χ1v) is 10.0. The number of fused-ring (bicyclic) bond motifs is 1. The third-order valence-electron chi connectivity index (χ3n) is 5.86. The maximum absolute atomic E-state index is 14.1. The molecule has 5 rings (SSSR count). The van der Waals surface area contributed by atoms with E-state index < -0.39 is 23.8 Å². The summed E-state index contributed by atoms with van der Waals surface area (Å²) in [6, 6.07) is 3.33. The normalized spacial score (nSPS) is 20.4. The second kappa shape index (κ2) is 6.97. The molecule has 2 aliphatic carbocycles. The molecule has 0 spiro atoms. The minimum Gasteiger partial charge on any atom is -0.310 e. The van der Waals surface area contributed by atoms with Crippen molar-refractivity contribution in [3.05, 3.63) is 52.5 Å². The number of alkyl halides is 1. The van der Waals surface area contributed by atoms with E-state index >= 15 is 0 Å². The minimum absolute atomic E-state index is 0.232. The summed E-state index contributed by atoms with van der Waals surface area (Å²) in [6.45, 7) is 2.16. The van der Waals surface area contributed by atoms with Gasteiger partial charge in [0, 0.05) is 41.5 Å². The largest absolute Gasteiger partial charge is 0.310 e. The van der Waals surface area contributed by atoms with Crippen LogP contribution in [0.15, 0.2) is 35.5 Å². The summed E-state index contributed by atoms with van der Waals surface area (Å²) in [6.07, 6.45) is 5.42. The second-order valence-electron chi connectivity index (χ2n) is 8.19. The van der Waals surface area contributed by atoms with E-state index in [1.54, 1.807) is 29.8 Å². The van der Waals surface area contributed by atoms with Crippen molar-refractivity contribution < 1.29 is 13.6 Å². The third-order valence-corrected chi connectivity index (χ3v) is 5.86. The number of hydrogen-bond donors (Lipinski definition) is 1. The minimum atomic E-state index is -1.09. The molecule has 1 amide bonds. The number of halogens is 2. The Labute approximate surface area is 171 Å². The Balaban J connectivity index is 1.62. The van der Waals surface area contributed by atoms with Crippen LogP contribution in [0.5, 0.6) is 0 Å². The average molecular weight is 410 g/mol. The molecule has 3 heterocycles. The number of carbonyl (C=O) groups is 1. The Morgan fingerprint density at radius 2 is 2.00 bits per heavy atom. The fraction of sp³-hybridized carbons (Fsp3) is 0.364. The van der Waals surface area contributed by atoms with Gasteiger partial charge < -0.3 is 9.88 Å². The Morgan fingerprint density at radius 3 is 2.70 bits per heavy atom. The van der Waals surface area contributed by atoms with Gasteiger partial charge in [-0.1, -0.05) is 0 Å². The molecule has 6 nitrogen and oxygen atoms in total. The lowest BCUT2D eigenvalue weighted by Crippen LogP contribution is -2.24. The fourth-order valence-corrected chi connectivity index (χ4v) is 3.70. The van der Waals surface area contributed by atoms with Crippen molar-refractivity contribution in [2.45, 2.75) is 38.9 Å². The topological polar surface area (TPSA) is 76.9 Å². The van der Waals surface area contributed by atoms with Gasteiger partial charge >= 0.3 is 0 Å². The zero-order valence-corrected chi connectivity index (χ0v) is 16.4. The van der Waals surface area contributed by atoms with Gasteiger partial charge in [-0.3, -0.25) is 14.6 Å². The number of rotatable bonds is 5. The number of amides is 1. The van der Waals surface area contributed by atoms with E-state index in [2.05, 4.69) is 15.3 Å². The molecule has 0 bridgehead atoms. The smallest absolute Gasteiger partial charge is 0.259 e. The SMILES string of the molecule is Cc1c(F)cncc1-c1cc2cnc(NC(=O)[C@@H]3C[C@@H]3F)cc2n(CC2CC2)c1=O. The lowest BCUT2D eigenvalue weighted by atomic mass is 10.0. The molecule has 30 heavy (non-hydrogen) atoms. The highest BCUT2D eigenvalue weighted by atomic mass is 19.1. The number of pyridine rings is 3. The van der Waals surface area contributed by atoms with Crippen molar-refractivity contribution in [1.29, 1.82) is 0 Å². The maximum Gasteiger partial charge on any atom is 0.259 e. The van der Waals surface area contributed by atoms with E-state index in [1.165, 1.54) is 6.20 Å². The maximum atomic E-state index is 14.1. The molecule has 0 saturated heterocycles. The predicted octanol–water partition coefficient (Wildman–Crippen LogP) is 3.61. The van der Waals surface area contributed by atoms with Gasteiger partial charge in [-0.15, -0.1) is 0 Å². The molecule has 0 unspecified atom stereocenters. The van der Waals surface area contributed by atoms with Gasteiger partial charge in [0.05, 0.1) is 17.6 Å². The number of nitrogens with zero attached hydrogens (tertiary/aromatic N) is 3. The van der Waals surface area contributed by atoms with Gasteiger partial charge in [0.25, 0.3) is 5.56 Å². The van der Waals surface area contributed by atoms with Gasteiger partial charge in [0.1, 0.15) is 17.8 Å². The van der Waals surface area contributed by atoms with Crippen molar-refractivity contribution in [1.82, 2.24) is 14.5 Å². The lowest BCUT2D eigenvalue weighted by molar-refractivity contribution is -0.117. The molecule has 0 aliphatic heterocycles. The number of carbonyl (C=O) groups excluding carboxylic acids is 1. The fourth-order valence-electron chi connectivity index (χ4n) is 3.70. The number of aromatic nitrogens is 3. The van der Waals surface area contributed by atoms with Crippen LogP contribution < -0.4 is 10.9 Å². The molecular formula is C22H20F2N4O2. The van der Waals surface area contributed by atoms with Crippen LogP contribution >= 0.6 is 0 Å². The zero-order valence-electron chi connectivity index (χ0n) is 16.4. The molecule has 0 radical (unpaired) electrons. The summed E-state index contributed by atoms with van der Waals surface area (Å²) < 4.78 is 28.9. The summed E-state index contributed by atoms with van der Waals surface area (Å²) in [5, 5.41) is 3.34. The van der Waals surface area contributed by atoms with E-state index in [9.17, 15) is 18.4 Å². The summed E-state index contributed by atoms with van der Waals surface area (Å²) in [7, 11) is 0. The predicted molar refractivity (Wildman–Crippen MR) is 108 cm³/mol. The molecule has 1 N–H and O–H groups in total. The van der Waals surface area contributed by atoms with E-state index in [4.69, 9.17) is 0 Å². The summed E-state index contributed by atoms with van der Waals surface area (Å²) >= 11 is 0. The monoisotopic (exact) mass is 410 g/mol. The van der Waals surface area contributed by atoms with E-state index in [-0.39, 0.29) is 17.8 Å². The van der Waals surface area contributed by atoms with Gasteiger partial charge in [0.15, 0.2) is 0 Å². The van der Waals surface area contributed by atoms with Crippen LogP contribution in [0.25, 0.3) is 22.0 Å². The Morgan fingerprint density at radius 1 is 1.23 bits per heavy atom. The van der Waals surface area contributed by atoms with Crippen molar-refractivity contribution in [3.63, 3.8) is 0 Å². The van der Waals surface area contributed by atoms with E-state index in [1.807, 2.05) is 0 Å². The van der Waals surface area contributed by atoms with Crippen molar-refractivity contribution in [3.8, 4) is 11.1 Å². The average Bonchev–Trinajstić information content (AvgIpc) is 3.64. The molecule has 2 aliphatic rings. The highest BCUT2D eigenvalue weighted by molar-refractivity contribution is 5.95. The molecule has 3 aromatic rings. The number of hydrogen-bond acceptors (Lipinski definition) is 4. The molecule has 3 aromatic heterocycles. The van der Waals surface area contributed by atoms with Gasteiger partial charge in [0.2, 0.25) is 5.91 Å². The Kier molecular flexibility index (Phi) is 4.38. The van der Waals surface area contributed by atoms with Gasteiger partial charge in [-0.2, -0.15) is 0 Å². The molecule has 8 heteroatoms. The lowest BCUT2D eigenvalue weighted by Gasteiger charge is -2.15. The van der Waals surface area contributed by atoms with Crippen LogP contribution in [0, 0.1) is 24.6 Å². The summed E-state index contributed by atoms with van der Waals surface area (Å²) in [5.74, 6) is -0.793. The van der Waals surface area contributed by atoms with Gasteiger partial charge in [-0.25, -0.2) is 13.8 Å². The van der Waals surface area contributed by atoms with Crippen LogP contribution in [-0.4, -0.2) is 26.6 Å². The first kappa shape index (κ1) is 18.8. The van der Waals surface area contributed by atoms with Crippen LogP contribution in [-0.2, 0) is 11.3 Å². The molecule has 2 saturated carbocycles. The van der Waals surface area contributed by atoms with Crippen molar-refractivity contribution in [2.75, 3.05) is 5.32 Å². The second-order valence-corrected chi connectivity index (χ2v) is 8.19. The van der Waals surface area contributed by atoms with Crippen LogP contribution in [0.3, 0.4) is 0 Å². The number of nitrogens with one attached hydrogen (secondary N) is 1. The molecule has 2 fully saturated rings. The van der Waals surface area contributed by atoms with E-state index in [0.29, 0.717) is 40.1 Å². The first-order valence-electron chi connectivity index (χ1n) is 10.0. The van der Waals surface area contributed by atoms with Crippen LogP contribution in [0.1, 0.15) is 24.8 Å². The molecule has 2 atom stereocenters. The molecule has 154 valence electrons. The quantitative estimate of drug-likeness (QED) is 0.697. The van der Waals surface area contributed by atoms with Gasteiger partial charge in [-0.05, 0) is 43.7 Å². The highest BCUT2D eigenvalue weighted by Gasteiger charge is 2.43. The highest BCUT2D eigenvalue weighted by Crippen LogP contribution is 2.35. The van der Waals surface area contributed by atoms with Crippen molar-refractivity contribution >= 4 is 22.6 Å². The Bertz CT molecular complexity index is 1240. The standard InChI is InChI=1S/C22H20F2N4O2/c1-11-16(8-25-9-18(11)24)14-4-13-7-26-20(27-21(29)15-5-17(15)23)6-19(13)28(22(14)30)10-12-2-3-12/h4,6-9,12,15,17H,2-3,5,10H2,1H3,(H,26,27,29)/t15-,17+/m1/s1. The van der Waals surface area contributed by atoms with Crippen molar-refractivity contribution in [2.24, 2.45) is 11.8 Å². The number of anilines is 1. The summed E-state index contributed by atoms with van der Waals surface area (Å²) in [4.78, 5) is 33.6. The molecule has 0 aromatic carbocycles. The third kappa shape index (κ3) is 3.36. The summed E-state index contributed by atoms with van der Waals surface area (Å²) in [5.41, 5.74) is 1.58. The first-order chi connectivity index (χ1) is 14.4. The Hall–Kier alpha value is -3.16. The van der Waals surface area contributed by atoms with Crippen LogP contribution in [0.4, 0.5) is 14.6 Å². The van der Waals surface area contributed by atoms with E-state index in [0.717, 1.165) is 19.0 Å².